The molecule has 1 amide bonds. The quantitative estimate of drug-likeness (QED) is 0.707. The lowest BCUT2D eigenvalue weighted by molar-refractivity contribution is -0.136. The van der Waals surface area contributed by atoms with E-state index in [1.54, 1.807) is 16.0 Å². The van der Waals surface area contributed by atoms with Crippen molar-refractivity contribution in [1.29, 1.82) is 0 Å². The molecule has 2 aliphatic rings. The number of carboxylic acids is 1. The molecule has 1 unspecified atom stereocenters. The fourth-order valence-corrected chi connectivity index (χ4v) is 5.05. The van der Waals surface area contributed by atoms with Gasteiger partial charge in [-0.15, -0.1) is 11.3 Å². The Labute approximate surface area is 184 Å². The number of fused-ring (bicyclic) bond motifs is 1. The zero-order valence-electron chi connectivity index (χ0n) is 17.4. The molecule has 1 saturated heterocycles. The molecule has 1 aliphatic heterocycles. The van der Waals surface area contributed by atoms with Crippen LogP contribution >= 0.6 is 11.3 Å². The van der Waals surface area contributed by atoms with Gasteiger partial charge >= 0.3 is 5.97 Å². The van der Waals surface area contributed by atoms with Gasteiger partial charge < -0.3 is 14.4 Å². The van der Waals surface area contributed by atoms with Crippen LogP contribution in [0.4, 0.5) is 5.13 Å². The number of aromatic nitrogens is 2. The van der Waals surface area contributed by atoms with Crippen molar-refractivity contribution in [2.75, 3.05) is 11.9 Å². The summed E-state index contributed by atoms with van der Waals surface area (Å²) < 4.78 is 7.54. The Kier molecular flexibility index (Phi) is 6.82. The molecule has 1 aliphatic carbocycles. The molecule has 4 rings (SSSR count). The first-order chi connectivity index (χ1) is 15.0. The maximum Gasteiger partial charge on any atom is 0.309 e. The summed E-state index contributed by atoms with van der Waals surface area (Å²) in [5.74, 6) is -1.49. The van der Waals surface area contributed by atoms with Crippen LogP contribution < -0.4 is 10.9 Å². The van der Waals surface area contributed by atoms with E-state index >= 15 is 0 Å². The molecular formula is C22H27N3O5S. The van der Waals surface area contributed by atoms with Crippen molar-refractivity contribution in [3.05, 3.63) is 44.3 Å². The second-order valence-electron chi connectivity index (χ2n) is 8.16. The van der Waals surface area contributed by atoms with Crippen LogP contribution in [0.1, 0.15) is 65.8 Å². The van der Waals surface area contributed by atoms with Crippen molar-refractivity contribution in [3.63, 3.8) is 0 Å². The van der Waals surface area contributed by atoms with Gasteiger partial charge in [0, 0.05) is 17.7 Å². The molecule has 31 heavy (non-hydrogen) atoms. The average Bonchev–Trinajstić information content (AvgIpc) is 3.36. The van der Waals surface area contributed by atoms with Gasteiger partial charge in [-0.05, 0) is 50.2 Å². The van der Waals surface area contributed by atoms with Gasteiger partial charge in [-0.1, -0.05) is 12.8 Å². The summed E-state index contributed by atoms with van der Waals surface area (Å²) in [6, 6.07) is 1.75. The average molecular weight is 446 g/mol. The normalized spacial score (nSPS) is 18.8. The Morgan fingerprint density at radius 3 is 2.77 bits per heavy atom. The van der Waals surface area contributed by atoms with E-state index in [1.807, 2.05) is 0 Å². The molecule has 0 saturated carbocycles. The Bertz CT molecular complexity index is 1020. The molecule has 9 heteroatoms. The highest BCUT2D eigenvalue weighted by Crippen LogP contribution is 2.23. The highest BCUT2D eigenvalue weighted by Gasteiger charge is 2.24. The number of pyridine rings is 1. The molecule has 2 aromatic rings. The van der Waals surface area contributed by atoms with Gasteiger partial charge in [-0.3, -0.25) is 19.7 Å². The topological polar surface area (TPSA) is 111 Å². The number of ether oxygens (including phenoxy) is 1. The summed E-state index contributed by atoms with van der Waals surface area (Å²) in [7, 11) is 0. The molecule has 0 aromatic carbocycles. The standard InChI is InChI=1S/C22H27N3O5S/c26-19(27)11-15-13-31-22(23-15)24-20(28)17-10-14-6-3-1-2-4-8-18(14)25(21(17)29)12-16-7-5-9-30-16/h10,13,16H,1-9,11-12H2,(H,26,27)(H,23,24,28). The van der Waals surface area contributed by atoms with Crippen LogP contribution in [0.2, 0.25) is 0 Å². The number of rotatable bonds is 6. The molecule has 1 fully saturated rings. The Hall–Kier alpha value is -2.52. The summed E-state index contributed by atoms with van der Waals surface area (Å²) >= 11 is 1.15. The zero-order chi connectivity index (χ0) is 21.8. The molecule has 0 spiro atoms. The van der Waals surface area contributed by atoms with Crippen molar-refractivity contribution in [1.82, 2.24) is 9.55 Å². The first-order valence-corrected chi connectivity index (χ1v) is 11.7. The number of aryl methyl sites for hydroxylation is 1. The summed E-state index contributed by atoms with van der Waals surface area (Å²) in [5, 5.41) is 13.5. The molecule has 2 N–H and O–H groups in total. The summed E-state index contributed by atoms with van der Waals surface area (Å²) in [4.78, 5) is 41.4. The maximum absolute atomic E-state index is 13.4. The van der Waals surface area contributed by atoms with Crippen molar-refractivity contribution >= 4 is 28.3 Å². The number of anilines is 1. The third-order valence-electron chi connectivity index (χ3n) is 5.86. The minimum Gasteiger partial charge on any atom is -0.481 e. The lowest BCUT2D eigenvalue weighted by Gasteiger charge is -2.22. The number of hydrogen-bond acceptors (Lipinski definition) is 6. The van der Waals surface area contributed by atoms with E-state index in [0.29, 0.717) is 18.8 Å². The molecule has 8 nitrogen and oxygen atoms in total. The van der Waals surface area contributed by atoms with Gasteiger partial charge in [0.2, 0.25) is 0 Å². The summed E-state index contributed by atoms with van der Waals surface area (Å²) in [5.41, 5.74) is 2.28. The smallest absolute Gasteiger partial charge is 0.309 e. The minimum absolute atomic E-state index is 0.00286. The van der Waals surface area contributed by atoms with Gasteiger partial charge in [0.1, 0.15) is 5.56 Å². The van der Waals surface area contributed by atoms with Crippen LogP contribution in [0, 0.1) is 0 Å². The number of hydrogen-bond donors (Lipinski definition) is 2. The van der Waals surface area contributed by atoms with Crippen molar-refractivity contribution in [2.24, 2.45) is 0 Å². The zero-order valence-corrected chi connectivity index (χ0v) is 18.2. The fraction of sp³-hybridized carbons (Fsp3) is 0.545. The first-order valence-electron chi connectivity index (χ1n) is 10.9. The van der Waals surface area contributed by atoms with Crippen LogP contribution in [-0.2, 0) is 35.3 Å². The van der Waals surface area contributed by atoms with E-state index in [0.717, 1.165) is 74.0 Å². The third-order valence-corrected chi connectivity index (χ3v) is 6.67. The maximum atomic E-state index is 13.4. The fourth-order valence-electron chi connectivity index (χ4n) is 4.35. The summed E-state index contributed by atoms with van der Waals surface area (Å²) in [6.45, 7) is 1.19. The number of thiazole rings is 1. The largest absolute Gasteiger partial charge is 0.481 e. The van der Waals surface area contributed by atoms with Gasteiger partial charge in [-0.2, -0.15) is 0 Å². The minimum atomic E-state index is -0.984. The van der Waals surface area contributed by atoms with Crippen molar-refractivity contribution in [3.8, 4) is 0 Å². The van der Waals surface area contributed by atoms with Gasteiger partial charge in [0.15, 0.2) is 5.13 Å². The Morgan fingerprint density at radius 2 is 2.03 bits per heavy atom. The number of amides is 1. The van der Waals surface area contributed by atoms with E-state index in [-0.39, 0.29) is 28.8 Å². The predicted molar refractivity (Wildman–Crippen MR) is 117 cm³/mol. The second-order valence-corrected chi connectivity index (χ2v) is 9.02. The Balaban J connectivity index is 1.65. The molecule has 1 atom stereocenters. The van der Waals surface area contributed by atoms with Gasteiger partial charge in [0.25, 0.3) is 11.5 Å². The molecule has 0 radical (unpaired) electrons. The molecule has 2 aromatic heterocycles. The SMILES string of the molecule is O=C(O)Cc1csc(NC(=O)c2cc3c(n(CC4CCCO4)c2=O)CCCCCC3)n1. The lowest BCUT2D eigenvalue weighted by Crippen LogP contribution is -2.35. The summed E-state index contributed by atoms with van der Waals surface area (Å²) in [6.07, 6.45) is 7.77. The van der Waals surface area contributed by atoms with Gasteiger partial charge in [0.05, 0.1) is 24.8 Å². The lowest BCUT2D eigenvalue weighted by atomic mass is 9.95. The third kappa shape index (κ3) is 5.22. The number of carboxylic acid groups (broad SMARTS) is 1. The van der Waals surface area contributed by atoms with E-state index in [4.69, 9.17) is 9.84 Å². The van der Waals surface area contributed by atoms with Gasteiger partial charge in [-0.25, -0.2) is 4.98 Å². The number of carbonyl (C=O) groups is 2. The van der Waals surface area contributed by atoms with Crippen LogP contribution in [0.3, 0.4) is 0 Å². The molecular weight excluding hydrogens is 418 g/mol. The number of nitrogens with one attached hydrogen (secondary N) is 1. The predicted octanol–water partition coefficient (Wildman–Crippen LogP) is 3.02. The second kappa shape index (κ2) is 9.74. The monoisotopic (exact) mass is 445 g/mol. The van der Waals surface area contributed by atoms with E-state index in [1.165, 1.54) is 0 Å². The number of carbonyl (C=O) groups excluding carboxylic acids is 1. The highest BCUT2D eigenvalue weighted by atomic mass is 32.1. The number of aliphatic carboxylic acids is 1. The Morgan fingerprint density at radius 1 is 1.23 bits per heavy atom. The van der Waals surface area contributed by atoms with Crippen LogP contribution in [0.25, 0.3) is 0 Å². The molecule has 0 bridgehead atoms. The van der Waals surface area contributed by atoms with E-state index in [2.05, 4.69) is 10.3 Å². The first kappa shape index (κ1) is 21.7. The number of nitrogens with zero attached hydrogens (tertiary/aromatic N) is 2. The van der Waals surface area contributed by atoms with Crippen LogP contribution in [0.5, 0.6) is 0 Å². The van der Waals surface area contributed by atoms with E-state index in [9.17, 15) is 14.4 Å². The van der Waals surface area contributed by atoms with Crippen LogP contribution in [0.15, 0.2) is 16.2 Å². The van der Waals surface area contributed by atoms with Crippen molar-refractivity contribution in [2.45, 2.75) is 70.4 Å². The molecule has 3 heterocycles. The highest BCUT2D eigenvalue weighted by molar-refractivity contribution is 7.14. The molecule has 166 valence electrons. The van der Waals surface area contributed by atoms with Crippen LogP contribution in [-0.4, -0.2) is 39.2 Å². The van der Waals surface area contributed by atoms with E-state index < -0.39 is 11.9 Å². The van der Waals surface area contributed by atoms with Crippen molar-refractivity contribution < 1.29 is 19.4 Å².